The predicted octanol–water partition coefficient (Wildman–Crippen LogP) is -1.51. The van der Waals surface area contributed by atoms with Crippen LogP contribution < -0.4 is 5.73 Å². The first kappa shape index (κ1) is 9.89. The van der Waals surface area contributed by atoms with Crippen molar-refractivity contribution in [2.75, 3.05) is 39.8 Å². The molecule has 0 radical (unpaired) electrons. The van der Waals surface area contributed by atoms with Crippen molar-refractivity contribution in [2.45, 2.75) is 12.1 Å². The van der Waals surface area contributed by atoms with Crippen molar-refractivity contribution < 1.29 is 9.53 Å². The smallest absolute Gasteiger partial charge is 0.236 e. The first-order valence-electron chi connectivity index (χ1n) is 5.02. The molecule has 0 aromatic carbocycles. The van der Waals surface area contributed by atoms with E-state index >= 15 is 0 Å². The SMILES string of the molecule is CN1CCO[C@@H]2CN(C(=O)CN)C[C@@H]21. The summed E-state index contributed by atoms with van der Waals surface area (Å²) in [4.78, 5) is 15.5. The van der Waals surface area contributed by atoms with Gasteiger partial charge in [-0.25, -0.2) is 0 Å². The third-order valence-electron chi connectivity index (χ3n) is 3.11. The summed E-state index contributed by atoms with van der Waals surface area (Å²) in [7, 11) is 2.08. The van der Waals surface area contributed by atoms with Crippen LogP contribution in [0.4, 0.5) is 0 Å². The molecule has 0 saturated carbocycles. The Balaban J connectivity index is 2.00. The van der Waals surface area contributed by atoms with Gasteiger partial charge in [0.1, 0.15) is 0 Å². The second kappa shape index (κ2) is 3.84. The van der Waals surface area contributed by atoms with Gasteiger partial charge in [0.2, 0.25) is 5.91 Å². The van der Waals surface area contributed by atoms with E-state index < -0.39 is 0 Å². The average Bonchev–Trinajstić information content (AvgIpc) is 2.62. The lowest BCUT2D eigenvalue weighted by atomic mass is 10.1. The second-order valence-electron chi connectivity index (χ2n) is 3.96. The summed E-state index contributed by atoms with van der Waals surface area (Å²) in [6, 6.07) is 0.360. The van der Waals surface area contributed by atoms with Crippen molar-refractivity contribution in [3.8, 4) is 0 Å². The lowest BCUT2D eigenvalue weighted by Crippen LogP contribution is -2.48. The topological polar surface area (TPSA) is 58.8 Å². The van der Waals surface area contributed by atoms with E-state index in [0.29, 0.717) is 12.6 Å². The number of ether oxygens (including phenoxy) is 1. The average molecular weight is 199 g/mol. The van der Waals surface area contributed by atoms with Crippen LogP contribution in [0.1, 0.15) is 0 Å². The van der Waals surface area contributed by atoms with Gasteiger partial charge < -0.3 is 15.4 Å². The molecule has 2 atom stereocenters. The summed E-state index contributed by atoms with van der Waals surface area (Å²) >= 11 is 0. The quantitative estimate of drug-likeness (QED) is 0.557. The van der Waals surface area contributed by atoms with Crippen molar-refractivity contribution >= 4 is 5.91 Å². The van der Waals surface area contributed by atoms with E-state index in [2.05, 4.69) is 11.9 Å². The Morgan fingerprint density at radius 1 is 1.57 bits per heavy atom. The Bertz CT molecular complexity index is 234. The number of hydrogen-bond donors (Lipinski definition) is 1. The third-order valence-corrected chi connectivity index (χ3v) is 3.11. The molecule has 0 aromatic heterocycles. The molecule has 2 rings (SSSR count). The number of likely N-dealkylation sites (tertiary alicyclic amines) is 1. The Morgan fingerprint density at radius 2 is 2.36 bits per heavy atom. The van der Waals surface area contributed by atoms with E-state index in [-0.39, 0.29) is 18.6 Å². The Kier molecular flexibility index (Phi) is 2.71. The molecular formula is C9H17N3O2. The van der Waals surface area contributed by atoms with Crippen LogP contribution in [-0.4, -0.2) is 67.7 Å². The summed E-state index contributed by atoms with van der Waals surface area (Å²) in [5.41, 5.74) is 5.33. The molecule has 5 nitrogen and oxygen atoms in total. The summed E-state index contributed by atoms with van der Waals surface area (Å²) in [5, 5.41) is 0. The van der Waals surface area contributed by atoms with Gasteiger partial charge in [-0.05, 0) is 7.05 Å². The van der Waals surface area contributed by atoms with E-state index in [4.69, 9.17) is 10.5 Å². The van der Waals surface area contributed by atoms with Crippen LogP contribution in [0.5, 0.6) is 0 Å². The van der Waals surface area contributed by atoms with E-state index in [1.807, 2.05) is 0 Å². The van der Waals surface area contributed by atoms with Crippen molar-refractivity contribution in [1.82, 2.24) is 9.80 Å². The molecule has 0 aliphatic carbocycles. The molecule has 0 bridgehead atoms. The van der Waals surface area contributed by atoms with E-state index in [0.717, 1.165) is 19.7 Å². The van der Waals surface area contributed by atoms with Crippen LogP contribution in [0.25, 0.3) is 0 Å². The molecule has 2 aliphatic heterocycles. The number of nitrogens with two attached hydrogens (primary N) is 1. The number of carbonyl (C=O) groups excluding carboxylic acids is 1. The zero-order chi connectivity index (χ0) is 10.1. The van der Waals surface area contributed by atoms with E-state index in [1.54, 1.807) is 4.90 Å². The molecule has 2 heterocycles. The summed E-state index contributed by atoms with van der Waals surface area (Å²) in [6.07, 6.45) is 0.184. The molecule has 5 heteroatoms. The zero-order valence-corrected chi connectivity index (χ0v) is 8.48. The fourth-order valence-electron chi connectivity index (χ4n) is 2.19. The molecule has 2 aliphatic rings. The van der Waals surface area contributed by atoms with E-state index in [1.165, 1.54) is 0 Å². The maximum atomic E-state index is 11.4. The van der Waals surface area contributed by atoms with Crippen LogP contribution in [0.2, 0.25) is 0 Å². The first-order chi connectivity index (χ1) is 6.72. The standard InChI is InChI=1S/C9H17N3O2/c1-11-2-3-14-8-6-12(5-7(8)11)9(13)4-10/h7-8H,2-6,10H2,1H3/t7-,8+/m0/s1. The number of nitrogens with zero attached hydrogens (tertiary/aromatic N) is 2. The normalized spacial score (nSPS) is 33.1. The molecule has 2 fully saturated rings. The van der Waals surface area contributed by atoms with Gasteiger partial charge in [0.15, 0.2) is 0 Å². The highest BCUT2D eigenvalue weighted by Crippen LogP contribution is 2.21. The molecule has 1 amide bonds. The van der Waals surface area contributed by atoms with Gasteiger partial charge in [0.25, 0.3) is 0 Å². The first-order valence-corrected chi connectivity index (χ1v) is 5.02. The molecule has 0 spiro atoms. The largest absolute Gasteiger partial charge is 0.373 e. The number of morpholine rings is 1. The van der Waals surface area contributed by atoms with Gasteiger partial charge in [-0.15, -0.1) is 0 Å². The van der Waals surface area contributed by atoms with Crippen LogP contribution in [-0.2, 0) is 9.53 Å². The minimum atomic E-state index is 0.0244. The predicted molar refractivity (Wildman–Crippen MR) is 51.8 cm³/mol. The monoisotopic (exact) mass is 199 g/mol. The van der Waals surface area contributed by atoms with Gasteiger partial charge in [0, 0.05) is 19.6 Å². The Hall–Kier alpha value is -0.650. The van der Waals surface area contributed by atoms with Gasteiger partial charge in [0.05, 0.1) is 25.3 Å². The van der Waals surface area contributed by atoms with Crippen molar-refractivity contribution in [3.63, 3.8) is 0 Å². The Labute approximate surface area is 83.8 Å². The van der Waals surface area contributed by atoms with Gasteiger partial charge >= 0.3 is 0 Å². The van der Waals surface area contributed by atoms with Crippen LogP contribution >= 0.6 is 0 Å². The van der Waals surface area contributed by atoms with Crippen LogP contribution in [0.3, 0.4) is 0 Å². The summed E-state index contributed by atoms with van der Waals surface area (Å²) < 4.78 is 5.62. The van der Waals surface area contributed by atoms with Gasteiger partial charge in [-0.3, -0.25) is 9.69 Å². The highest BCUT2D eigenvalue weighted by atomic mass is 16.5. The lowest BCUT2D eigenvalue weighted by Gasteiger charge is -2.33. The number of carbonyl (C=O) groups is 1. The van der Waals surface area contributed by atoms with Gasteiger partial charge in [-0.1, -0.05) is 0 Å². The second-order valence-corrected chi connectivity index (χ2v) is 3.96. The highest BCUT2D eigenvalue weighted by molar-refractivity contribution is 5.78. The Morgan fingerprint density at radius 3 is 3.00 bits per heavy atom. The van der Waals surface area contributed by atoms with Crippen molar-refractivity contribution in [1.29, 1.82) is 0 Å². The van der Waals surface area contributed by atoms with E-state index in [9.17, 15) is 4.79 Å². The molecular weight excluding hydrogens is 182 g/mol. The summed E-state index contributed by atoms with van der Waals surface area (Å²) in [6.45, 7) is 3.28. The molecule has 80 valence electrons. The van der Waals surface area contributed by atoms with Crippen LogP contribution in [0.15, 0.2) is 0 Å². The molecule has 0 aromatic rings. The number of likely N-dealkylation sites (N-methyl/N-ethyl adjacent to an activating group) is 1. The van der Waals surface area contributed by atoms with Crippen molar-refractivity contribution in [3.05, 3.63) is 0 Å². The molecule has 0 unspecified atom stereocenters. The lowest BCUT2D eigenvalue weighted by molar-refractivity contribution is -0.129. The molecule has 14 heavy (non-hydrogen) atoms. The fourth-order valence-corrected chi connectivity index (χ4v) is 2.19. The number of rotatable bonds is 1. The maximum absolute atomic E-state index is 11.4. The number of fused-ring (bicyclic) bond motifs is 1. The van der Waals surface area contributed by atoms with Crippen LogP contribution in [0, 0.1) is 0 Å². The number of amides is 1. The van der Waals surface area contributed by atoms with Crippen molar-refractivity contribution in [2.24, 2.45) is 5.73 Å². The highest BCUT2D eigenvalue weighted by Gasteiger charge is 2.39. The maximum Gasteiger partial charge on any atom is 0.236 e. The van der Waals surface area contributed by atoms with Gasteiger partial charge in [-0.2, -0.15) is 0 Å². The number of hydrogen-bond acceptors (Lipinski definition) is 4. The fraction of sp³-hybridized carbons (Fsp3) is 0.889. The molecule has 2 N–H and O–H groups in total. The minimum absolute atomic E-state index is 0.0244. The third kappa shape index (κ3) is 1.63. The molecule has 2 saturated heterocycles. The zero-order valence-electron chi connectivity index (χ0n) is 8.48. The minimum Gasteiger partial charge on any atom is -0.373 e. The summed E-state index contributed by atoms with van der Waals surface area (Å²) in [5.74, 6) is 0.0244.